The van der Waals surface area contributed by atoms with Crippen LogP contribution in [0.2, 0.25) is 0 Å². The molecule has 3 aliphatic rings. The standard InChI is InChI=1S/C33H26O25/c1-54-13-4-7-28(16(34)35,17(36)37)31(10-13,22(46)47)24(50)57-26(52)33(12-15(56-3)6-9-30(33,20(42)43)21(44)45)27(53)58-25(51)32(23(48)49)11-14(55-2)5-8-29(32,18(38)39)19(40)41/h4-12H,1-3H3,(H,34,35)(H,36,37)(H,38,39)(H,40,41)(H,42,43)(H,44,45)(H,46,47)(H,48,49). The van der Waals surface area contributed by atoms with Gasteiger partial charge in [0.05, 0.1) is 21.3 Å². The number of esters is 4. The monoisotopic (exact) mass is 822 g/mol. The van der Waals surface area contributed by atoms with Crippen LogP contribution in [0.15, 0.2) is 72.0 Å². The number of aliphatic carboxylic acids is 8. The molecule has 0 aromatic carbocycles. The van der Waals surface area contributed by atoms with Gasteiger partial charge in [0.1, 0.15) is 17.3 Å². The first-order valence-corrected chi connectivity index (χ1v) is 15.1. The van der Waals surface area contributed by atoms with Gasteiger partial charge in [0.25, 0.3) is 0 Å². The highest BCUT2D eigenvalue weighted by Crippen LogP contribution is 2.54. The van der Waals surface area contributed by atoms with Crippen molar-refractivity contribution in [3.8, 4) is 0 Å². The molecule has 2 unspecified atom stereocenters. The van der Waals surface area contributed by atoms with Crippen LogP contribution in [-0.4, -0.2) is 134 Å². The number of methoxy groups -OCH3 is 3. The molecule has 2 atom stereocenters. The van der Waals surface area contributed by atoms with Crippen LogP contribution in [0.1, 0.15) is 0 Å². The van der Waals surface area contributed by atoms with Gasteiger partial charge in [-0.2, -0.15) is 0 Å². The summed E-state index contributed by atoms with van der Waals surface area (Å²) in [6.07, 6.45) is 1.61. The first-order chi connectivity index (χ1) is 26.8. The molecule has 0 radical (unpaired) electrons. The number of ether oxygens (including phenoxy) is 5. The lowest BCUT2D eigenvalue weighted by Crippen LogP contribution is -2.65. The minimum atomic E-state index is -4.53. The van der Waals surface area contributed by atoms with Gasteiger partial charge in [0, 0.05) is 0 Å². The van der Waals surface area contributed by atoms with Crippen LogP contribution >= 0.6 is 0 Å². The van der Waals surface area contributed by atoms with Gasteiger partial charge in [-0.25, -0.2) is 19.2 Å². The number of hydrogen-bond acceptors (Lipinski definition) is 17. The quantitative estimate of drug-likeness (QED) is 0.0655. The second-order valence-electron chi connectivity index (χ2n) is 11.9. The SMILES string of the molecule is COC1=CC(C(=O)O)(C(=O)OC(=O)C2(C(=O)OC(=O)C3(C(=O)O)C=C(OC)C=CC3(C(=O)O)C(=O)O)C=C(OC)C=CC2(C(=O)O)C(=O)O)C(C(=O)O)(C(=O)O)C=C1. The summed E-state index contributed by atoms with van der Waals surface area (Å²) < 4.78 is 23.5. The summed E-state index contributed by atoms with van der Waals surface area (Å²) in [7, 11) is 2.32. The van der Waals surface area contributed by atoms with Gasteiger partial charge in [-0.15, -0.1) is 0 Å². The molecule has 3 aliphatic carbocycles. The van der Waals surface area contributed by atoms with Crippen LogP contribution in [0.4, 0.5) is 0 Å². The van der Waals surface area contributed by atoms with Crippen LogP contribution < -0.4 is 0 Å². The summed E-state index contributed by atoms with van der Waals surface area (Å²) in [5.74, 6) is -35.6. The van der Waals surface area contributed by atoms with E-state index >= 15 is 0 Å². The molecule has 0 aromatic heterocycles. The zero-order chi connectivity index (χ0) is 44.6. The molecule has 0 saturated heterocycles. The van der Waals surface area contributed by atoms with E-state index in [0.29, 0.717) is 18.2 Å². The van der Waals surface area contributed by atoms with Crippen molar-refractivity contribution in [2.75, 3.05) is 21.3 Å². The summed E-state index contributed by atoms with van der Waals surface area (Å²) in [6, 6.07) is 0. The lowest BCUT2D eigenvalue weighted by atomic mass is 9.59. The third kappa shape index (κ3) is 5.54. The van der Waals surface area contributed by atoms with Crippen LogP contribution in [0.5, 0.6) is 0 Å². The van der Waals surface area contributed by atoms with Gasteiger partial charge in [0.15, 0.2) is 0 Å². The Morgan fingerprint density at radius 1 is 0.345 bits per heavy atom. The van der Waals surface area contributed by atoms with Crippen molar-refractivity contribution >= 4 is 71.6 Å². The van der Waals surface area contributed by atoms with E-state index in [1.165, 1.54) is 0 Å². The summed E-state index contributed by atoms with van der Waals surface area (Å²) in [5.41, 5.74) is -25.2. The Hall–Kier alpha value is -8.12. The zero-order valence-electron chi connectivity index (χ0n) is 29.2. The Bertz CT molecular complexity index is 2020. The molecule has 3 rings (SSSR count). The number of carboxylic acid groups (broad SMARTS) is 8. The molecule has 0 heterocycles. The lowest BCUT2D eigenvalue weighted by molar-refractivity contribution is -0.202. The van der Waals surface area contributed by atoms with Crippen LogP contribution in [0, 0.1) is 32.5 Å². The average molecular weight is 823 g/mol. The van der Waals surface area contributed by atoms with Gasteiger partial charge < -0.3 is 64.5 Å². The molecule has 58 heavy (non-hydrogen) atoms. The number of carboxylic acids is 8. The highest BCUT2D eigenvalue weighted by Gasteiger charge is 2.77. The van der Waals surface area contributed by atoms with Crippen molar-refractivity contribution in [1.82, 2.24) is 0 Å². The summed E-state index contributed by atoms with van der Waals surface area (Å²) in [5, 5.41) is 81.2. The molecule has 25 nitrogen and oxygen atoms in total. The van der Waals surface area contributed by atoms with Crippen molar-refractivity contribution in [2.24, 2.45) is 32.5 Å². The highest BCUT2D eigenvalue weighted by atomic mass is 16.6. The predicted molar refractivity (Wildman–Crippen MR) is 171 cm³/mol. The van der Waals surface area contributed by atoms with Gasteiger partial charge in [-0.1, -0.05) is 18.2 Å². The maximum atomic E-state index is 14.4. The molecular formula is C33H26O25. The Balaban J connectivity index is 2.50. The van der Waals surface area contributed by atoms with Crippen LogP contribution in [-0.2, 0) is 81.2 Å². The number of carbonyl (C=O) groups excluding carboxylic acids is 4. The molecule has 0 amide bonds. The molecule has 0 aromatic rings. The summed E-state index contributed by atoms with van der Waals surface area (Å²) in [6.45, 7) is 0. The van der Waals surface area contributed by atoms with Crippen LogP contribution in [0.3, 0.4) is 0 Å². The summed E-state index contributed by atoms with van der Waals surface area (Å²) >= 11 is 0. The average Bonchev–Trinajstić information content (AvgIpc) is 3.15. The third-order valence-electron chi connectivity index (χ3n) is 9.50. The zero-order valence-corrected chi connectivity index (χ0v) is 29.2. The maximum absolute atomic E-state index is 14.4. The van der Waals surface area contributed by atoms with E-state index in [2.05, 4.69) is 9.47 Å². The van der Waals surface area contributed by atoms with Crippen molar-refractivity contribution in [3.05, 3.63) is 72.0 Å². The number of rotatable bonds is 15. The molecular weight excluding hydrogens is 796 g/mol. The lowest BCUT2D eigenvalue weighted by Gasteiger charge is -2.41. The Morgan fingerprint density at radius 2 is 0.534 bits per heavy atom. The van der Waals surface area contributed by atoms with Gasteiger partial charge >= 0.3 is 71.6 Å². The van der Waals surface area contributed by atoms with E-state index in [-0.39, 0.29) is 36.5 Å². The largest absolute Gasteiger partial charge is 0.497 e. The van der Waals surface area contributed by atoms with Gasteiger partial charge in [-0.3, -0.25) is 38.4 Å². The van der Waals surface area contributed by atoms with E-state index < -0.39 is 121 Å². The first kappa shape index (κ1) is 44.3. The predicted octanol–water partition coefficient (Wildman–Crippen LogP) is -1.98. The van der Waals surface area contributed by atoms with E-state index in [9.17, 15) is 98.4 Å². The fourth-order valence-electron chi connectivity index (χ4n) is 6.33. The Morgan fingerprint density at radius 3 is 0.741 bits per heavy atom. The Labute approximate surface area is 319 Å². The van der Waals surface area contributed by atoms with Crippen molar-refractivity contribution in [3.63, 3.8) is 0 Å². The molecule has 0 bridgehead atoms. The topological polar surface area (TPSA) is 413 Å². The van der Waals surface area contributed by atoms with Gasteiger partial charge in [-0.05, 0) is 36.5 Å². The van der Waals surface area contributed by atoms with E-state index in [1.807, 2.05) is 0 Å². The molecule has 8 N–H and O–H groups in total. The molecule has 25 heteroatoms. The molecule has 308 valence electrons. The van der Waals surface area contributed by atoms with Crippen LogP contribution in [0.25, 0.3) is 0 Å². The van der Waals surface area contributed by atoms with Crippen molar-refractivity contribution in [1.29, 1.82) is 0 Å². The van der Waals surface area contributed by atoms with Crippen molar-refractivity contribution < 1.29 is 122 Å². The second kappa shape index (κ2) is 14.8. The number of carbonyl (C=O) groups is 12. The normalized spacial score (nSPS) is 24.5. The molecule has 0 saturated carbocycles. The number of allylic oxidation sites excluding steroid dienone is 3. The first-order valence-electron chi connectivity index (χ1n) is 15.1. The van der Waals surface area contributed by atoms with E-state index in [4.69, 9.17) is 14.2 Å². The smallest absolute Gasteiger partial charge is 0.337 e. The minimum absolute atomic E-state index is 0.00483. The van der Waals surface area contributed by atoms with Gasteiger partial charge in [0.2, 0.25) is 32.5 Å². The fourth-order valence-corrected chi connectivity index (χ4v) is 6.33. The van der Waals surface area contributed by atoms with E-state index in [0.717, 1.165) is 21.3 Å². The molecule has 0 spiro atoms. The number of hydrogen-bond donors (Lipinski definition) is 8. The summed E-state index contributed by atoms with van der Waals surface area (Å²) in [4.78, 5) is 158. The Kier molecular flexibility index (Phi) is 11.3. The fraction of sp³-hybridized carbons (Fsp3) is 0.273. The maximum Gasteiger partial charge on any atom is 0.337 e. The van der Waals surface area contributed by atoms with Crippen molar-refractivity contribution in [2.45, 2.75) is 0 Å². The molecule has 0 fully saturated rings. The molecule has 0 aliphatic heterocycles. The second-order valence-corrected chi connectivity index (χ2v) is 11.9. The van der Waals surface area contributed by atoms with E-state index in [1.54, 1.807) is 0 Å². The third-order valence-corrected chi connectivity index (χ3v) is 9.50. The highest BCUT2D eigenvalue weighted by molar-refractivity contribution is 6.24. The minimum Gasteiger partial charge on any atom is -0.497 e.